The van der Waals surface area contributed by atoms with Gasteiger partial charge in [0.2, 0.25) is 0 Å². The highest BCUT2D eigenvalue weighted by Gasteiger charge is 2.30. The lowest BCUT2D eigenvalue weighted by molar-refractivity contribution is -0.132. The van der Waals surface area contributed by atoms with E-state index in [0.29, 0.717) is 5.52 Å². The standard InChI is InChI=1S/C15H15N3O3/c1-8-17-11-4-2-3-10(16)14(11)15(21)18(8)12-6-5-9(19)7-13(12)20/h2-4,12H,5-7,16H2,1H3/i5D2,6D2. The van der Waals surface area contributed by atoms with Crippen molar-refractivity contribution in [1.82, 2.24) is 9.55 Å². The number of Topliss-reactive ketones (excluding diaryl/α,β-unsaturated/α-hetero) is 2. The number of nitrogens with zero attached hydrogens (tertiary/aromatic N) is 2. The van der Waals surface area contributed by atoms with E-state index in [1.807, 2.05) is 0 Å². The normalized spacial score (nSPS) is 26.8. The summed E-state index contributed by atoms with van der Waals surface area (Å²) in [7, 11) is 0. The number of aromatic nitrogens is 2. The third kappa shape index (κ3) is 2.12. The van der Waals surface area contributed by atoms with E-state index in [9.17, 15) is 14.4 Å². The minimum Gasteiger partial charge on any atom is -0.398 e. The Morgan fingerprint density at radius 1 is 1.38 bits per heavy atom. The number of benzene rings is 1. The Labute approximate surface area is 126 Å². The molecule has 2 N–H and O–H groups in total. The molecule has 3 rings (SSSR count). The van der Waals surface area contributed by atoms with Gasteiger partial charge in [0.15, 0.2) is 5.78 Å². The molecule has 1 aromatic carbocycles. The molecule has 1 aliphatic carbocycles. The van der Waals surface area contributed by atoms with Crippen LogP contribution in [-0.4, -0.2) is 21.1 Å². The molecule has 1 saturated carbocycles. The maximum absolute atomic E-state index is 12.9. The zero-order valence-electron chi connectivity index (χ0n) is 15.2. The van der Waals surface area contributed by atoms with Crippen LogP contribution in [0.2, 0.25) is 0 Å². The topological polar surface area (TPSA) is 95.1 Å². The van der Waals surface area contributed by atoms with Crippen molar-refractivity contribution in [1.29, 1.82) is 0 Å². The predicted molar refractivity (Wildman–Crippen MR) is 78.1 cm³/mol. The minimum atomic E-state index is -2.91. The van der Waals surface area contributed by atoms with Gasteiger partial charge in [-0.1, -0.05) is 6.07 Å². The van der Waals surface area contributed by atoms with Crippen molar-refractivity contribution in [2.24, 2.45) is 0 Å². The van der Waals surface area contributed by atoms with Crippen LogP contribution in [0.1, 0.15) is 36.5 Å². The fraction of sp³-hybridized carbons (Fsp3) is 0.333. The zero-order chi connectivity index (χ0) is 18.7. The third-order valence-corrected chi connectivity index (χ3v) is 3.38. The number of fused-ring (bicyclic) bond motifs is 1. The van der Waals surface area contributed by atoms with Crippen LogP contribution in [0.15, 0.2) is 23.0 Å². The Hall–Kier alpha value is -2.50. The summed E-state index contributed by atoms with van der Waals surface area (Å²) in [6.45, 7) is 1.42. The molecule has 0 amide bonds. The number of carbonyl (C=O) groups excluding carboxylic acids is 2. The third-order valence-electron chi connectivity index (χ3n) is 3.38. The van der Waals surface area contributed by atoms with Crippen LogP contribution in [0.4, 0.5) is 5.69 Å². The van der Waals surface area contributed by atoms with Crippen molar-refractivity contribution in [3.63, 3.8) is 0 Å². The molecule has 1 heterocycles. The summed E-state index contributed by atoms with van der Waals surface area (Å²) in [5, 5.41) is 0.0224. The molecule has 1 unspecified atom stereocenters. The van der Waals surface area contributed by atoms with Crippen molar-refractivity contribution in [2.45, 2.75) is 32.1 Å². The average molecular weight is 289 g/mol. The van der Waals surface area contributed by atoms with Gasteiger partial charge in [-0.3, -0.25) is 19.0 Å². The lowest BCUT2D eigenvalue weighted by Crippen LogP contribution is -2.36. The van der Waals surface area contributed by atoms with E-state index in [4.69, 9.17) is 11.2 Å². The van der Waals surface area contributed by atoms with Gasteiger partial charge in [0.1, 0.15) is 11.6 Å². The van der Waals surface area contributed by atoms with Gasteiger partial charge in [-0.25, -0.2) is 4.98 Å². The van der Waals surface area contributed by atoms with Crippen molar-refractivity contribution in [3.8, 4) is 0 Å². The van der Waals surface area contributed by atoms with Gasteiger partial charge in [-0.2, -0.15) is 0 Å². The number of ketones is 2. The Kier molecular flexibility index (Phi) is 2.16. The van der Waals surface area contributed by atoms with Gasteiger partial charge >= 0.3 is 0 Å². The van der Waals surface area contributed by atoms with Crippen molar-refractivity contribution < 1.29 is 15.1 Å². The van der Waals surface area contributed by atoms with E-state index >= 15 is 0 Å². The van der Waals surface area contributed by atoms with Gasteiger partial charge < -0.3 is 5.73 Å². The molecule has 0 aliphatic heterocycles. The number of anilines is 1. The Bertz CT molecular complexity index is 984. The zero-order valence-corrected chi connectivity index (χ0v) is 11.2. The van der Waals surface area contributed by atoms with Gasteiger partial charge in [-0.15, -0.1) is 0 Å². The van der Waals surface area contributed by atoms with E-state index in [1.165, 1.54) is 13.0 Å². The number of nitrogen functional groups attached to an aromatic ring is 1. The largest absolute Gasteiger partial charge is 0.398 e. The molecule has 1 atom stereocenters. The van der Waals surface area contributed by atoms with E-state index in [2.05, 4.69) is 4.98 Å². The van der Waals surface area contributed by atoms with Gasteiger partial charge in [0, 0.05) is 17.5 Å². The Morgan fingerprint density at radius 3 is 2.90 bits per heavy atom. The highest BCUT2D eigenvalue weighted by atomic mass is 16.2. The van der Waals surface area contributed by atoms with E-state index < -0.39 is 42.3 Å². The maximum atomic E-state index is 12.9. The second kappa shape index (κ2) is 4.80. The van der Waals surface area contributed by atoms with E-state index in [-0.39, 0.29) is 16.9 Å². The summed E-state index contributed by atoms with van der Waals surface area (Å²) in [6, 6.07) is 2.84. The molecule has 6 nitrogen and oxygen atoms in total. The molecule has 1 aromatic heterocycles. The number of hydrogen-bond acceptors (Lipinski definition) is 5. The first-order chi connectivity index (χ1) is 11.5. The predicted octanol–water partition coefficient (Wildman–Crippen LogP) is 1.15. The molecule has 6 heteroatoms. The van der Waals surface area contributed by atoms with Crippen LogP contribution in [0.3, 0.4) is 0 Å². The molecular formula is C15H15N3O3. The van der Waals surface area contributed by atoms with Crippen LogP contribution < -0.4 is 11.3 Å². The van der Waals surface area contributed by atoms with Crippen molar-refractivity contribution in [2.75, 3.05) is 5.73 Å². The van der Waals surface area contributed by atoms with Crippen LogP contribution in [0.25, 0.3) is 10.9 Å². The highest BCUT2D eigenvalue weighted by Crippen LogP contribution is 2.24. The number of aryl methyl sites for hydroxylation is 1. The molecule has 1 aliphatic rings. The molecule has 0 saturated heterocycles. The Morgan fingerprint density at radius 2 is 2.14 bits per heavy atom. The average Bonchev–Trinajstić information content (AvgIpc) is 2.49. The molecule has 2 aromatic rings. The summed E-state index contributed by atoms with van der Waals surface area (Å²) in [5.41, 5.74) is 5.49. The molecule has 21 heavy (non-hydrogen) atoms. The molecule has 108 valence electrons. The number of carbonyl (C=O) groups is 2. The second-order valence-corrected chi connectivity index (χ2v) is 4.81. The molecule has 0 spiro atoms. The number of nitrogens with two attached hydrogens (primary N) is 1. The summed E-state index contributed by atoms with van der Waals surface area (Å²) in [6.07, 6.45) is -6.60. The van der Waals surface area contributed by atoms with E-state index in [1.54, 1.807) is 12.1 Å². The number of rotatable bonds is 1. The molecule has 0 radical (unpaired) electrons. The van der Waals surface area contributed by atoms with Gasteiger partial charge in [-0.05, 0) is 25.4 Å². The lowest BCUT2D eigenvalue weighted by atomic mass is 9.92. The quantitative estimate of drug-likeness (QED) is 0.627. The van der Waals surface area contributed by atoms with Gasteiger partial charge in [0.05, 0.1) is 23.4 Å². The SMILES string of the molecule is [2H]C1([2H])C(=O)CC(=O)C(n2c(C)nc3cccc(N)c3c2=O)C1([2H])[2H]. The molecule has 0 bridgehead atoms. The number of hydrogen-bond donors (Lipinski definition) is 1. The maximum Gasteiger partial charge on any atom is 0.264 e. The summed E-state index contributed by atoms with van der Waals surface area (Å²) in [4.78, 5) is 41.3. The monoisotopic (exact) mass is 289 g/mol. The molecular weight excluding hydrogens is 270 g/mol. The fourth-order valence-corrected chi connectivity index (χ4v) is 2.42. The summed E-state index contributed by atoms with van der Waals surface area (Å²) < 4.78 is 32.5. The van der Waals surface area contributed by atoms with E-state index in [0.717, 1.165) is 4.57 Å². The van der Waals surface area contributed by atoms with Gasteiger partial charge in [0.25, 0.3) is 5.56 Å². The second-order valence-electron chi connectivity index (χ2n) is 4.81. The van der Waals surface area contributed by atoms with Crippen LogP contribution in [0, 0.1) is 6.92 Å². The van der Waals surface area contributed by atoms with Crippen molar-refractivity contribution >= 4 is 28.2 Å². The van der Waals surface area contributed by atoms with Crippen LogP contribution >= 0.6 is 0 Å². The fourth-order valence-electron chi connectivity index (χ4n) is 2.42. The first kappa shape index (κ1) is 9.44. The molecule has 1 fully saturated rings. The van der Waals surface area contributed by atoms with Crippen LogP contribution in [-0.2, 0) is 9.59 Å². The smallest absolute Gasteiger partial charge is 0.264 e. The highest BCUT2D eigenvalue weighted by molar-refractivity contribution is 6.03. The summed E-state index contributed by atoms with van der Waals surface area (Å²) >= 11 is 0. The first-order valence-corrected chi connectivity index (χ1v) is 6.33. The van der Waals surface area contributed by atoms with Crippen molar-refractivity contribution in [3.05, 3.63) is 34.4 Å². The lowest BCUT2D eigenvalue weighted by Gasteiger charge is -2.24. The first-order valence-electron chi connectivity index (χ1n) is 8.33. The minimum absolute atomic E-state index is 0.0224. The Balaban J connectivity index is 2.36. The van der Waals surface area contributed by atoms with Crippen LogP contribution in [0.5, 0.6) is 0 Å². The summed E-state index contributed by atoms with van der Waals surface area (Å²) in [5.74, 6) is -1.97.